The highest BCUT2D eigenvalue weighted by molar-refractivity contribution is 4.90. The van der Waals surface area contributed by atoms with E-state index < -0.39 is 0 Å². The smallest absolute Gasteiger partial charge is 0.0741 e. The summed E-state index contributed by atoms with van der Waals surface area (Å²) in [5.41, 5.74) is 2.92. The van der Waals surface area contributed by atoms with Crippen molar-refractivity contribution in [2.45, 2.75) is 37.3 Å². The maximum atomic E-state index is 5.86. The van der Waals surface area contributed by atoms with E-state index in [2.05, 4.69) is 5.43 Å². The molecule has 2 aliphatic rings. The van der Waals surface area contributed by atoms with Crippen molar-refractivity contribution in [3.8, 4) is 0 Å². The Morgan fingerprint density at radius 3 is 2.69 bits per heavy atom. The minimum atomic E-state index is 0.0630. The zero-order chi connectivity index (χ0) is 9.15. The first-order valence-electron chi connectivity index (χ1n) is 5.02. The summed E-state index contributed by atoms with van der Waals surface area (Å²) in [6, 6.07) is 0.423. The molecular formula is C9H18N2O2. The third-order valence-corrected chi connectivity index (χ3v) is 3.13. The summed E-state index contributed by atoms with van der Waals surface area (Å²) in [6.45, 7) is 2.49. The third-order valence-electron chi connectivity index (χ3n) is 3.13. The monoisotopic (exact) mass is 186 g/mol. The molecule has 0 bridgehead atoms. The quantitative estimate of drug-likeness (QED) is 0.453. The van der Waals surface area contributed by atoms with Crippen LogP contribution in [0.3, 0.4) is 0 Å². The molecule has 13 heavy (non-hydrogen) atoms. The molecule has 4 nitrogen and oxygen atoms in total. The van der Waals surface area contributed by atoms with E-state index in [0.717, 1.165) is 45.5 Å². The molecule has 0 amide bonds. The predicted molar refractivity (Wildman–Crippen MR) is 49.1 cm³/mol. The number of rotatable bonds is 1. The second-order valence-electron chi connectivity index (χ2n) is 4.00. The van der Waals surface area contributed by atoms with Gasteiger partial charge < -0.3 is 9.47 Å². The van der Waals surface area contributed by atoms with Gasteiger partial charge in [0.05, 0.1) is 5.60 Å². The fourth-order valence-electron chi connectivity index (χ4n) is 2.26. The van der Waals surface area contributed by atoms with Crippen LogP contribution in [-0.4, -0.2) is 31.5 Å². The number of ether oxygens (including phenoxy) is 2. The summed E-state index contributed by atoms with van der Waals surface area (Å²) < 4.78 is 11.2. The van der Waals surface area contributed by atoms with Gasteiger partial charge in [-0.2, -0.15) is 0 Å². The largest absolute Gasteiger partial charge is 0.381 e. The first-order valence-corrected chi connectivity index (χ1v) is 5.02. The molecule has 3 N–H and O–H groups in total. The van der Waals surface area contributed by atoms with Gasteiger partial charge in [0, 0.05) is 25.9 Å². The van der Waals surface area contributed by atoms with Gasteiger partial charge >= 0.3 is 0 Å². The number of hydrogen-bond acceptors (Lipinski definition) is 4. The van der Waals surface area contributed by atoms with Gasteiger partial charge in [0.1, 0.15) is 0 Å². The minimum Gasteiger partial charge on any atom is -0.381 e. The molecule has 1 unspecified atom stereocenters. The van der Waals surface area contributed by atoms with E-state index in [9.17, 15) is 0 Å². The van der Waals surface area contributed by atoms with Gasteiger partial charge in [-0.15, -0.1) is 0 Å². The molecule has 2 rings (SSSR count). The number of nitrogens with two attached hydrogens (primary N) is 1. The normalized spacial score (nSPS) is 33.5. The average molecular weight is 186 g/mol. The number of nitrogens with one attached hydrogen (secondary N) is 1. The summed E-state index contributed by atoms with van der Waals surface area (Å²) in [7, 11) is 0. The fourth-order valence-corrected chi connectivity index (χ4v) is 2.26. The molecule has 4 heteroatoms. The van der Waals surface area contributed by atoms with Crippen molar-refractivity contribution >= 4 is 0 Å². The SMILES string of the molecule is NNC1CCOC2(CCOCC2)C1. The Balaban J connectivity index is 1.95. The van der Waals surface area contributed by atoms with Crippen molar-refractivity contribution in [1.29, 1.82) is 0 Å². The van der Waals surface area contributed by atoms with Gasteiger partial charge in [-0.05, 0) is 25.7 Å². The van der Waals surface area contributed by atoms with Crippen LogP contribution >= 0.6 is 0 Å². The van der Waals surface area contributed by atoms with Crippen molar-refractivity contribution < 1.29 is 9.47 Å². The van der Waals surface area contributed by atoms with Crippen molar-refractivity contribution in [3.63, 3.8) is 0 Å². The zero-order valence-corrected chi connectivity index (χ0v) is 7.92. The molecule has 2 aliphatic heterocycles. The molecule has 0 aliphatic carbocycles. The molecule has 0 aromatic heterocycles. The van der Waals surface area contributed by atoms with E-state index in [1.54, 1.807) is 0 Å². The predicted octanol–water partition coefficient (Wildman–Crippen LogP) is 0.178. The third kappa shape index (κ3) is 2.02. The van der Waals surface area contributed by atoms with Crippen molar-refractivity contribution in [2.24, 2.45) is 5.84 Å². The molecular weight excluding hydrogens is 168 g/mol. The van der Waals surface area contributed by atoms with Crippen LogP contribution in [0.2, 0.25) is 0 Å². The molecule has 2 fully saturated rings. The van der Waals surface area contributed by atoms with E-state index in [1.165, 1.54) is 0 Å². The zero-order valence-electron chi connectivity index (χ0n) is 7.92. The van der Waals surface area contributed by atoms with Crippen LogP contribution in [0.5, 0.6) is 0 Å². The Morgan fingerprint density at radius 1 is 1.23 bits per heavy atom. The van der Waals surface area contributed by atoms with Gasteiger partial charge in [0.15, 0.2) is 0 Å². The molecule has 0 saturated carbocycles. The van der Waals surface area contributed by atoms with Gasteiger partial charge in [-0.3, -0.25) is 11.3 Å². The summed E-state index contributed by atoms with van der Waals surface area (Å²) in [6.07, 6.45) is 4.10. The molecule has 1 atom stereocenters. The topological polar surface area (TPSA) is 56.5 Å². The van der Waals surface area contributed by atoms with Crippen molar-refractivity contribution in [1.82, 2.24) is 5.43 Å². The molecule has 0 aromatic carbocycles. The first-order chi connectivity index (χ1) is 6.35. The average Bonchev–Trinajstić information content (AvgIpc) is 2.19. The van der Waals surface area contributed by atoms with Gasteiger partial charge in [-0.1, -0.05) is 0 Å². The van der Waals surface area contributed by atoms with E-state index in [1.807, 2.05) is 0 Å². The summed E-state index contributed by atoms with van der Waals surface area (Å²) >= 11 is 0. The number of hydrazine groups is 1. The maximum Gasteiger partial charge on any atom is 0.0741 e. The standard InChI is InChI=1S/C9H18N2O2/c10-11-8-1-4-13-9(7-8)2-5-12-6-3-9/h8,11H,1-7,10H2. The van der Waals surface area contributed by atoms with Crippen molar-refractivity contribution in [2.75, 3.05) is 19.8 Å². The van der Waals surface area contributed by atoms with Crippen LogP contribution in [0.25, 0.3) is 0 Å². The molecule has 0 aromatic rings. The highest BCUT2D eigenvalue weighted by Crippen LogP contribution is 2.33. The van der Waals surface area contributed by atoms with Gasteiger partial charge in [0.2, 0.25) is 0 Å². The molecule has 2 saturated heterocycles. The lowest BCUT2D eigenvalue weighted by Gasteiger charge is -2.43. The Bertz CT molecular complexity index is 163. The van der Waals surface area contributed by atoms with Crippen LogP contribution in [0.1, 0.15) is 25.7 Å². The second kappa shape index (κ2) is 3.92. The van der Waals surface area contributed by atoms with Crippen LogP contribution in [0.4, 0.5) is 0 Å². The van der Waals surface area contributed by atoms with E-state index in [0.29, 0.717) is 6.04 Å². The van der Waals surface area contributed by atoms with Crippen LogP contribution < -0.4 is 11.3 Å². The lowest BCUT2D eigenvalue weighted by Crippen LogP contribution is -2.51. The molecule has 2 heterocycles. The van der Waals surface area contributed by atoms with Crippen LogP contribution in [-0.2, 0) is 9.47 Å². The lowest BCUT2D eigenvalue weighted by atomic mass is 9.84. The first kappa shape index (κ1) is 9.40. The Hall–Kier alpha value is -0.160. The van der Waals surface area contributed by atoms with E-state index in [-0.39, 0.29) is 5.60 Å². The highest BCUT2D eigenvalue weighted by Gasteiger charge is 2.38. The molecule has 1 spiro atoms. The van der Waals surface area contributed by atoms with Crippen LogP contribution in [0, 0.1) is 0 Å². The molecule has 0 radical (unpaired) electrons. The van der Waals surface area contributed by atoms with Gasteiger partial charge in [0.25, 0.3) is 0 Å². The minimum absolute atomic E-state index is 0.0630. The summed E-state index contributed by atoms with van der Waals surface area (Å²) in [5.74, 6) is 5.46. The summed E-state index contributed by atoms with van der Waals surface area (Å²) in [4.78, 5) is 0. The highest BCUT2D eigenvalue weighted by atomic mass is 16.5. The van der Waals surface area contributed by atoms with Crippen molar-refractivity contribution in [3.05, 3.63) is 0 Å². The molecule has 76 valence electrons. The number of hydrogen-bond donors (Lipinski definition) is 2. The summed E-state index contributed by atoms with van der Waals surface area (Å²) in [5, 5.41) is 0. The Morgan fingerprint density at radius 2 is 2.00 bits per heavy atom. The fraction of sp³-hybridized carbons (Fsp3) is 1.00. The second-order valence-corrected chi connectivity index (χ2v) is 4.00. The maximum absolute atomic E-state index is 5.86. The van der Waals surface area contributed by atoms with E-state index >= 15 is 0 Å². The Labute approximate surface area is 78.7 Å². The van der Waals surface area contributed by atoms with E-state index in [4.69, 9.17) is 15.3 Å². The van der Waals surface area contributed by atoms with Gasteiger partial charge in [-0.25, -0.2) is 0 Å². The lowest BCUT2D eigenvalue weighted by molar-refractivity contribution is -0.140. The Kier molecular flexibility index (Phi) is 2.83. The van der Waals surface area contributed by atoms with Crippen LogP contribution in [0.15, 0.2) is 0 Å².